The van der Waals surface area contributed by atoms with Crippen LogP contribution in [-0.2, 0) is 15.7 Å². The number of hydrogen-bond donors (Lipinski definition) is 1. The van der Waals surface area contributed by atoms with Crippen molar-refractivity contribution in [1.82, 2.24) is 9.55 Å². The maximum Gasteiger partial charge on any atom is 0.416 e. The van der Waals surface area contributed by atoms with Gasteiger partial charge in [0, 0.05) is 34.6 Å². The smallest absolute Gasteiger partial charge is 0.416 e. The van der Waals surface area contributed by atoms with E-state index in [1.165, 1.54) is 18.3 Å². The van der Waals surface area contributed by atoms with Crippen molar-refractivity contribution in [3.63, 3.8) is 0 Å². The van der Waals surface area contributed by atoms with Crippen LogP contribution < -0.4 is 5.32 Å². The number of nitrogens with one attached hydrogen (secondary N) is 1. The molecule has 1 atom stereocenters. The molecule has 0 amide bonds. The molecule has 0 spiro atoms. The highest BCUT2D eigenvalue weighted by molar-refractivity contribution is 7.12. The Hall–Kier alpha value is -3.74. The normalized spacial score (nSPS) is 12.3. The van der Waals surface area contributed by atoms with E-state index in [9.17, 15) is 32.9 Å². The van der Waals surface area contributed by atoms with Crippen molar-refractivity contribution >= 4 is 34.5 Å². The second-order valence-electron chi connectivity index (χ2n) is 7.32. The highest BCUT2D eigenvalue weighted by Gasteiger charge is 2.33. The number of carbonyl (C=O) groups is 2. The van der Waals surface area contributed by atoms with Crippen LogP contribution in [0.1, 0.15) is 34.2 Å². The van der Waals surface area contributed by atoms with Crippen LogP contribution in [-0.4, -0.2) is 38.9 Å². The molecule has 180 valence electrons. The molecule has 2 heterocycles. The summed E-state index contributed by atoms with van der Waals surface area (Å²) in [5.41, 5.74) is -0.590. The number of rotatable bonds is 8. The molecule has 0 saturated heterocycles. The van der Waals surface area contributed by atoms with Gasteiger partial charge < -0.3 is 10.1 Å². The summed E-state index contributed by atoms with van der Waals surface area (Å²) in [6.45, 7) is 4.27. The number of aromatic nitrogens is 2. The summed E-state index contributed by atoms with van der Waals surface area (Å²) in [6, 6.07) is 2.38. The monoisotopic (exact) mass is 496 g/mol. The van der Waals surface area contributed by atoms with Crippen LogP contribution in [0.4, 0.5) is 24.5 Å². The van der Waals surface area contributed by atoms with E-state index in [4.69, 9.17) is 4.74 Å². The predicted octanol–water partition coefficient (Wildman–Crippen LogP) is 4.70. The molecule has 0 bridgehead atoms. The van der Waals surface area contributed by atoms with Gasteiger partial charge in [-0.2, -0.15) is 13.2 Å². The molecular weight excluding hydrogens is 477 g/mol. The van der Waals surface area contributed by atoms with Gasteiger partial charge in [0.2, 0.25) is 5.78 Å². The van der Waals surface area contributed by atoms with Crippen molar-refractivity contribution in [2.45, 2.75) is 33.0 Å². The number of nitro groups is 1. The van der Waals surface area contributed by atoms with Crippen LogP contribution >= 0.6 is 11.3 Å². The van der Waals surface area contributed by atoms with Gasteiger partial charge in [-0.25, -0.2) is 9.78 Å². The number of ether oxygens (including phenoxy) is 1. The van der Waals surface area contributed by atoms with Crippen molar-refractivity contribution in [1.29, 1.82) is 0 Å². The molecule has 0 unspecified atom stereocenters. The summed E-state index contributed by atoms with van der Waals surface area (Å²) in [5.74, 6) is -1.37. The van der Waals surface area contributed by atoms with Crippen molar-refractivity contribution in [2.75, 3.05) is 11.9 Å². The van der Waals surface area contributed by atoms with Crippen LogP contribution in [0.5, 0.6) is 0 Å². The predicted molar refractivity (Wildman–Crippen MR) is 117 cm³/mol. The number of thiazole rings is 1. The van der Waals surface area contributed by atoms with Crippen LogP contribution in [0.2, 0.25) is 0 Å². The SMILES string of the molecule is Cc1cc(C(=O)COC(=O)[C@H](C)Nc2ccc(C(F)(F)F)cc2[N+](=O)[O-])c(C)n1-c1nccs1. The number of anilines is 1. The number of alkyl halides is 3. The molecule has 0 aliphatic heterocycles. The average molecular weight is 496 g/mol. The first-order valence-corrected chi connectivity index (χ1v) is 10.7. The minimum atomic E-state index is -4.76. The third kappa shape index (κ3) is 5.25. The zero-order chi connectivity index (χ0) is 25.2. The molecule has 2 aromatic heterocycles. The quantitative estimate of drug-likeness (QED) is 0.208. The van der Waals surface area contributed by atoms with E-state index in [0.29, 0.717) is 28.5 Å². The number of nitro benzene ring substituents is 1. The molecule has 1 N–H and O–H groups in total. The van der Waals surface area contributed by atoms with Crippen LogP contribution in [0, 0.1) is 24.0 Å². The van der Waals surface area contributed by atoms with Crippen LogP contribution in [0.3, 0.4) is 0 Å². The number of hydrogen-bond acceptors (Lipinski definition) is 8. The molecule has 3 aromatic rings. The number of aryl methyl sites for hydroxylation is 1. The highest BCUT2D eigenvalue weighted by Crippen LogP contribution is 2.35. The van der Waals surface area contributed by atoms with Gasteiger partial charge in [0.05, 0.1) is 10.5 Å². The van der Waals surface area contributed by atoms with E-state index in [0.717, 1.165) is 11.8 Å². The van der Waals surface area contributed by atoms with E-state index >= 15 is 0 Å². The number of Topliss-reactive ketones (excluding diaryl/α,β-unsaturated/α-hetero) is 1. The van der Waals surface area contributed by atoms with Gasteiger partial charge in [-0.1, -0.05) is 0 Å². The first-order valence-electron chi connectivity index (χ1n) is 9.81. The molecule has 34 heavy (non-hydrogen) atoms. The van der Waals surface area contributed by atoms with Gasteiger partial charge in [-0.15, -0.1) is 11.3 Å². The van der Waals surface area contributed by atoms with Crippen molar-refractivity contribution in [3.8, 4) is 5.13 Å². The Kier molecular flexibility index (Phi) is 7.05. The average Bonchev–Trinajstić information content (AvgIpc) is 3.38. The Balaban J connectivity index is 1.68. The first-order chi connectivity index (χ1) is 15.9. The second kappa shape index (κ2) is 9.63. The third-order valence-corrected chi connectivity index (χ3v) is 5.69. The minimum Gasteiger partial charge on any atom is -0.456 e. The largest absolute Gasteiger partial charge is 0.456 e. The fraction of sp³-hybridized carbons (Fsp3) is 0.286. The molecule has 0 aliphatic carbocycles. The molecule has 0 saturated carbocycles. The van der Waals surface area contributed by atoms with E-state index in [-0.39, 0.29) is 5.69 Å². The number of halogens is 3. The first kappa shape index (κ1) is 24.9. The Bertz CT molecular complexity index is 1240. The molecule has 0 fully saturated rings. The van der Waals surface area contributed by atoms with Gasteiger partial charge in [0.25, 0.3) is 5.69 Å². The topological polar surface area (TPSA) is 116 Å². The number of esters is 1. The van der Waals surface area contributed by atoms with Gasteiger partial charge in [0.1, 0.15) is 11.7 Å². The van der Waals surface area contributed by atoms with Crippen molar-refractivity contribution in [3.05, 3.63) is 68.5 Å². The summed E-state index contributed by atoms with van der Waals surface area (Å²) in [5, 5.41) is 16.2. The fourth-order valence-electron chi connectivity index (χ4n) is 3.28. The Labute approximate surface area is 195 Å². The Morgan fingerprint density at radius 3 is 2.59 bits per heavy atom. The molecule has 0 radical (unpaired) electrons. The zero-order valence-electron chi connectivity index (χ0n) is 18.2. The zero-order valence-corrected chi connectivity index (χ0v) is 19.0. The summed E-state index contributed by atoms with van der Waals surface area (Å²) in [4.78, 5) is 39.4. The molecule has 3 rings (SSSR count). The maximum absolute atomic E-state index is 12.9. The number of carbonyl (C=O) groups excluding carboxylic acids is 2. The van der Waals surface area contributed by atoms with Gasteiger partial charge >= 0.3 is 12.1 Å². The van der Waals surface area contributed by atoms with Crippen LogP contribution in [0.25, 0.3) is 5.13 Å². The lowest BCUT2D eigenvalue weighted by atomic mass is 10.1. The summed E-state index contributed by atoms with van der Waals surface area (Å²) < 4.78 is 45.4. The standard InChI is InChI=1S/C21H19F3N4O5S/c1-11-8-15(13(3)27(11)20-25-6-7-34-20)18(29)10-33-19(30)12(2)26-16-5-4-14(21(22,23)24)9-17(16)28(31)32/h4-9,12,26H,10H2,1-3H3/t12-/m0/s1. The van der Waals surface area contributed by atoms with E-state index < -0.39 is 46.8 Å². The number of nitrogens with zero attached hydrogens (tertiary/aromatic N) is 3. The Morgan fingerprint density at radius 2 is 2.00 bits per heavy atom. The minimum absolute atomic E-state index is 0.291. The molecule has 1 aromatic carbocycles. The van der Waals surface area contributed by atoms with E-state index in [2.05, 4.69) is 10.3 Å². The maximum atomic E-state index is 12.9. The molecular formula is C21H19F3N4O5S. The lowest BCUT2D eigenvalue weighted by molar-refractivity contribution is -0.384. The van der Waals surface area contributed by atoms with Gasteiger partial charge in [0.15, 0.2) is 11.7 Å². The highest BCUT2D eigenvalue weighted by atomic mass is 32.1. The molecule has 9 nitrogen and oxygen atoms in total. The summed E-state index contributed by atoms with van der Waals surface area (Å²) >= 11 is 1.39. The van der Waals surface area contributed by atoms with Crippen molar-refractivity contribution in [2.24, 2.45) is 0 Å². The summed E-state index contributed by atoms with van der Waals surface area (Å²) in [7, 11) is 0. The van der Waals surface area contributed by atoms with Gasteiger partial charge in [-0.05, 0) is 39.0 Å². The lowest BCUT2D eigenvalue weighted by Gasteiger charge is -2.15. The summed E-state index contributed by atoms with van der Waals surface area (Å²) in [6.07, 6.45) is -3.12. The third-order valence-electron chi connectivity index (χ3n) is 4.93. The molecule has 13 heteroatoms. The Morgan fingerprint density at radius 1 is 1.29 bits per heavy atom. The van der Waals surface area contributed by atoms with Crippen LogP contribution in [0.15, 0.2) is 35.8 Å². The number of benzene rings is 1. The van der Waals surface area contributed by atoms with Crippen molar-refractivity contribution < 1.29 is 32.4 Å². The van der Waals surface area contributed by atoms with Gasteiger partial charge in [-0.3, -0.25) is 19.5 Å². The van der Waals surface area contributed by atoms with E-state index in [1.54, 1.807) is 36.1 Å². The fourth-order valence-corrected chi connectivity index (χ4v) is 4.03. The lowest BCUT2D eigenvalue weighted by Crippen LogP contribution is -2.30. The van der Waals surface area contributed by atoms with E-state index in [1.807, 2.05) is 0 Å². The second-order valence-corrected chi connectivity index (χ2v) is 8.19. The molecule has 0 aliphatic rings. The number of ketones is 1.